The first-order chi connectivity index (χ1) is 6.83. The average Bonchev–Trinajstić information content (AvgIpc) is 2.23. The molecule has 0 saturated heterocycles. The molecule has 0 bridgehead atoms. The summed E-state index contributed by atoms with van der Waals surface area (Å²) in [5, 5.41) is 1.53. The van der Waals surface area contributed by atoms with E-state index >= 15 is 0 Å². The van der Waals surface area contributed by atoms with Crippen molar-refractivity contribution in [1.29, 1.82) is 0 Å². The molecule has 2 aromatic rings. The minimum Gasteiger partial charge on any atom is -0.476 e. The van der Waals surface area contributed by atoms with Gasteiger partial charge in [0.2, 0.25) is 0 Å². The zero-order chi connectivity index (χ0) is 9.97. The molecular formula is C10H7Cl2NO. The monoisotopic (exact) mass is 227 g/mol. The molecule has 0 atom stereocenters. The van der Waals surface area contributed by atoms with E-state index in [0.717, 1.165) is 10.9 Å². The quantitative estimate of drug-likeness (QED) is 0.734. The highest BCUT2D eigenvalue weighted by molar-refractivity contribution is 6.35. The molecule has 2 rings (SSSR count). The Morgan fingerprint density at radius 2 is 2.14 bits per heavy atom. The number of benzene rings is 1. The van der Waals surface area contributed by atoms with Gasteiger partial charge in [0.05, 0.1) is 5.02 Å². The molecular weight excluding hydrogens is 221 g/mol. The fourth-order valence-corrected chi connectivity index (χ4v) is 1.62. The number of aromatic nitrogens is 1. The van der Waals surface area contributed by atoms with Crippen molar-refractivity contribution < 1.29 is 4.74 Å². The van der Waals surface area contributed by atoms with E-state index in [2.05, 4.69) is 4.98 Å². The van der Waals surface area contributed by atoms with Gasteiger partial charge in [-0.1, -0.05) is 23.2 Å². The molecule has 14 heavy (non-hydrogen) atoms. The minimum atomic E-state index is 0.104. The Bertz CT molecular complexity index is 459. The van der Waals surface area contributed by atoms with Gasteiger partial charge in [-0.15, -0.1) is 0 Å². The second-order valence-corrected chi connectivity index (χ2v) is 3.32. The van der Waals surface area contributed by atoms with Gasteiger partial charge in [0.15, 0.2) is 6.07 Å². The zero-order valence-electron chi connectivity index (χ0n) is 7.21. The third-order valence-electron chi connectivity index (χ3n) is 1.89. The molecule has 1 heterocycles. The average molecular weight is 228 g/mol. The molecule has 2 nitrogen and oxygen atoms in total. The van der Waals surface area contributed by atoms with Crippen LogP contribution in [0, 0.1) is 0 Å². The van der Waals surface area contributed by atoms with E-state index in [1.165, 1.54) is 0 Å². The van der Waals surface area contributed by atoms with Crippen LogP contribution >= 0.6 is 23.2 Å². The number of nitrogens with zero attached hydrogens (tertiary/aromatic N) is 1. The maximum Gasteiger partial charge on any atom is 0.162 e. The van der Waals surface area contributed by atoms with E-state index in [9.17, 15) is 0 Å². The van der Waals surface area contributed by atoms with E-state index in [-0.39, 0.29) is 6.07 Å². The van der Waals surface area contributed by atoms with Crippen LogP contribution in [0.1, 0.15) is 0 Å². The maximum absolute atomic E-state index is 6.00. The molecule has 1 aromatic carbocycles. The van der Waals surface area contributed by atoms with Crippen molar-refractivity contribution in [3.8, 4) is 5.75 Å². The molecule has 0 amide bonds. The Kier molecular flexibility index (Phi) is 2.75. The summed E-state index contributed by atoms with van der Waals surface area (Å²) in [6.07, 6.45) is 1.69. The Balaban J connectivity index is 2.68. The lowest BCUT2D eigenvalue weighted by atomic mass is 10.2. The van der Waals surface area contributed by atoms with Gasteiger partial charge >= 0.3 is 0 Å². The number of rotatable bonds is 2. The lowest BCUT2D eigenvalue weighted by Gasteiger charge is -2.06. The van der Waals surface area contributed by atoms with Crippen molar-refractivity contribution >= 4 is 34.1 Å². The molecule has 1 aromatic heterocycles. The molecule has 0 saturated carbocycles. The van der Waals surface area contributed by atoms with Crippen molar-refractivity contribution in [1.82, 2.24) is 4.98 Å². The van der Waals surface area contributed by atoms with Crippen LogP contribution < -0.4 is 4.74 Å². The van der Waals surface area contributed by atoms with Crippen molar-refractivity contribution in [2.75, 3.05) is 6.07 Å². The van der Waals surface area contributed by atoms with Gasteiger partial charge in [0, 0.05) is 11.6 Å². The molecule has 4 heteroatoms. The van der Waals surface area contributed by atoms with Crippen LogP contribution in [-0.2, 0) is 0 Å². The lowest BCUT2D eigenvalue weighted by Crippen LogP contribution is -1.91. The SMILES string of the molecule is ClCOc1ccc(Cl)c2cccnc12. The Morgan fingerprint density at radius 1 is 1.29 bits per heavy atom. The third-order valence-corrected chi connectivity index (χ3v) is 2.33. The Morgan fingerprint density at radius 3 is 2.93 bits per heavy atom. The minimum absolute atomic E-state index is 0.104. The van der Waals surface area contributed by atoms with Crippen LogP contribution in [0.25, 0.3) is 10.9 Å². The van der Waals surface area contributed by atoms with E-state index in [4.69, 9.17) is 27.9 Å². The molecule has 0 aliphatic carbocycles. The van der Waals surface area contributed by atoms with Gasteiger partial charge in [-0.3, -0.25) is 4.98 Å². The normalized spacial score (nSPS) is 10.4. The summed E-state index contributed by atoms with van der Waals surface area (Å²) < 4.78 is 5.22. The lowest BCUT2D eigenvalue weighted by molar-refractivity contribution is 0.392. The Labute approximate surface area is 91.4 Å². The van der Waals surface area contributed by atoms with Crippen molar-refractivity contribution in [3.63, 3.8) is 0 Å². The van der Waals surface area contributed by atoms with E-state index in [1.807, 2.05) is 12.1 Å². The van der Waals surface area contributed by atoms with E-state index in [1.54, 1.807) is 18.3 Å². The number of halogens is 2. The molecule has 0 N–H and O–H groups in total. The third kappa shape index (κ3) is 1.63. The highest BCUT2D eigenvalue weighted by atomic mass is 35.5. The zero-order valence-corrected chi connectivity index (χ0v) is 8.72. The standard InChI is InChI=1S/C10H7Cl2NO/c11-6-14-9-4-3-8(12)7-2-1-5-13-10(7)9/h1-5H,6H2. The molecule has 0 fully saturated rings. The van der Waals surface area contributed by atoms with Gasteiger partial charge in [-0.2, -0.15) is 0 Å². The fraction of sp³-hybridized carbons (Fsp3) is 0.100. The van der Waals surface area contributed by atoms with Gasteiger partial charge in [0.25, 0.3) is 0 Å². The predicted octanol–water partition coefficient (Wildman–Crippen LogP) is 3.46. The Hall–Kier alpha value is -0.990. The summed E-state index contributed by atoms with van der Waals surface area (Å²) in [5.74, 6) is 0.653. The van der Waals surface area contributed by atoms with E-state index < -0.39 is 0 Å². The number of fused-ring (bicyclic) bond motifs is 1. The topological polar surface area (TPSA) is 22.1 Å². The molecule has 0 unspecified atom stereocenters. The first-order valence-corrected chi connectivity index (χ1v) is 4.96. The van der Waals surface area contributed by atoms with Crippen molar-refractivity contribution in [2.24, 2.45) is 0 Å². The number of hydrogen-bond donors (Lipinski definition) is 0. The van der Waals surface area contributed by atoms with E-state index in [0.29, 0.717) is 10.8 Å². The summed E-state index contributed by atoms with van der Waals surface area (Å²) in [4.78, 5) is 4.19. The number of pyridine rings is 1. The molecule has 0 aliphatic heterocycles. The van der Waals surface area contributed by atoms with Gasteiger partial charge in [-0.25, -0.2) is 0 Å². The van der Waals surface area contributed by atoms with Crippen LogP contribution in [0.3, 0.4) is 0 Å². The van der Waals surface area contributed by atoms with Crippen molar-refractivity contribution in [3.05, 3.63) is 35.5 Å². The highest BCUT2D eigenvalue weighted by Gasteiger charge is 2.05. The van der Waals surface area contributed by atoms with Crippen LogP contribution in [-0.4, -0.2) is 11.1 Å². The van der Waals surface area contributed by atoms with Gasteiger partial charge in [-0.05, 0) is 24.3 Å². The summed E-state index contributed by atoms with van der Waals surface area (Å²) in [7, 11) is 0. The summed E-state index contributed by atoms with van der Waals surface area (Å²) in [6, 6.07) is 7.37. The number of alkyl halides is 1. The van der Waals surface area contributed by atoms with Crippen molar-refractivity contribution in [2.45, 2.75) is 0 Å². The second-order valence-electron chi connectivity index (χ2n) is 2.70. The molecule has 0 spiro atoms. The summed E-state index contributed by atoms with van der Waals surface area (Å²) >= 11 is 11.5. The second kappa shape index (κ2) is 4.03. The summed E-state index contributed by atoms with van der Waals surface area (Å²) in [6.45, 7) is 0. The van der Waals surface area contributed by atoms with Gasteiger partial charge in [0.1, 0.15) is 11.3 Å². The van der Waals surface area contributed by atoms with Gasteiger partial charge < -0.3 is 4.74 Å². The fourth-order valence-electron chi connectivity index (χ4n) is 1.29. The van der Waals surface area contributed by atoms with Crippen LogP contribution in [0.5, 0.6) is 5.75 Å². The first-order valence-electron chi connectivity index (χ1n) is 4.05. The number of ether oxygens (including phenoxy) is 1. The molecule has 0 aliphatic rings. The van der Waals surface area contributed by atoms with Crippen LogP contribution in [0.15, 0.2) is 30.5 Å². The summed E-state index contributed by atoms with van der Waals surface area (Å²) in [5.41, 5.74) is 0.737. The largest absolute Gasteiger partial charge is 0.476 e. The molecule has 72 valence electrons. The number of hydrogen-bond acceptors (Lipinski definition) is 2. The maximum atomic E-state index is 6.00. The smallest absolute Gasteiger partial charge is 0.162 e. The first kappa shape index (κ1) is 9.56. The van der Waals surface area contributed by atoms with Crippen LogP contribution in [0.4, 0.5) is 0 Å². The molecule has 0 radical (unpaired) electrons. The predicted molar refractivity (Wildman–Crippen MR) is 58.1 cm³/mol. The van der Waals surface area contributed by atoms with Crippen LogP contribution in [0.2, 0.25) is 5.02 Å². The highest BCUT2D eigenvalue weighted by Crippen LogP contribution is 2.29.